The summed E-state index contributed by atoms with van der Waals surface area (Å²) in [4.78, 5) is 120. The lowest BCUT2D eigenvalue weighted by Crippen LogP contribution is -2.60. The van der Waals surface area contributed by atoms with Crippen LogP contribution in [-0.4, -0.2) is 154 Å². The third kappa shape index (κ3) is 17.9. The molecule has 322 valence electrons. The SMILES string of the molecule is CC(C)C[C@H](NC(=O)[C@H](CC(N)=O)NC(=O)[C@@H](N)CO)C(=O)N[C@@H](CS)C(=O)N[C@@H](CCCN=C(N)N)C(=O)N1CCC[C@H]1C(=O)N[C@@H](CS)C(=O)NCC(=O)O. The smallest absolute Gasteiger partial charge is 0.322 e. The molecule has 25 heteroatoms. The average molecular weight is 849 g/mol. The number of nitrogens with zero attached hydrogens (tertiary/aromatic N) is 2. The molecule has 0 aromatic rings. The van der Waals surface area contributed by atoms with Crippen molar-refractivity contribution in [3.63, 3.8) is 0 Å². The summed E-state index contributed by atoms with van der Waals surface area (Å²) in [6, 6.07) is -9.19. The second kappa shape index (κ2) is 25.4. The number of primary amides is 1. The number of thiol groups is 2. The maximum atomic E-state index is 14.0. The Bertz CT molecular complexity index is 1480. The molecule has 0 saturated carbocycles. The summed E-state index contributed by atoms with van der Waals surface area (Å²) in [5.41, 5.74) is 21.6. The van der Waals surface area contributed by atoms with Crippen molar-refractivity contribution >= 4 is 84.4 Å². The van der Waals surface area contributed by atoms with Crippen LogP contribution in [0.25, 0.3) is 0 Å². The first kappa shape index (κ1) is 50.1. The van der Waals surface area contributed by atoms with Crippen molar-refractivity contribution < 1.29 is 53.4 Å². The highest BCUT2D eigenvalue weighted by molar-refractivity contribution is 7.80. The summed E-state index contributed by atoms with van der Waals surface area (Å²) in [5.74, 6) is -8.92. The highest BCUT2D eigenvalue weighted by atomic mass is 32.1. The van der Waals surface area contributed by atoms with Crippen LogP contribution in [0.15, 0.2) is 4.99 Å². The summed E-state index contributed by atoms with van der Waals surface area (Å²) in [5, 5.41) is 32.5. The Hall–Kier alpha value is -4.88. The number of aliphatic carboxylic acids is 1. The lowest BCUT2D eigenvalue weighted by atomic mass is 10.0. The average Bonchev–Trinajstić information content (AvgIpc) is 3.64. The molecule has 1 heterocycles. The molecule has 8 amide bonds. The van der Waals surface area contributed by atoms with Crippen LogP contribution >= 0.6 is 25.3 Å². The second-order valence-electron chi connectivity index (χ2n) is 13.5. The van der Waals surface area contributed by atoms with Gasteiger partial charge >= 0.3 is 5.97 Å². The minimum atomic E-state index is -1.56. The van der Waals surface area contributed by atoms with E-state index in [9.17, 15) is 48.3 Å². The van der Waals surface area contributed by atoms with Gasteiger partial charge in [-0.1, -0.05) is 13.8 Å². The van der Waals surface area contributed by atoms with Crippen molar-refractivity contribution in [3.05, 3.63) is 0 Å². The Kier molecular flexibility index (Phi) is 22.3. The molecule has 7 atom stereocenters. The van der Waals surface area contributed by atoms with Gasteiger partial charge in [-0.3, -0.25) is 48.1 Å². The summed E-state index contributed by atoms with van der Waals surface area (Å²) >= 11 is 8.28. The van der Waals surface area contributed by atoms with Crippen molar-refractivity contribution in [1.82, 2.24) is 36.8 Å². The van der Waals surface area contributed by atoms with Crippen LogP contribution in [-0.2, 0) is 43.2 Å². The number of nitrogens with two attached hydrogens (primary N) is 4. The molecule has 0 aromatic carbocycles. The van der Waals surface area contributed by atoms with Crippen molar-refractivity contribution in [3.8, 4) is 0 Å². The molecular formula is C32H56N12O11S2. The third-order valence-corrected chi connectivity index (χ3v) is 9.09. The van der Waals surface area contributed by atoms with Gasteiger partial charge in [0.2, 0.25) is 47.3 Å². The van der Waals surface area contributed by atoms with E-state index in [1.807, 2.05) is 0 Å². The number of aliphatic hydroxyl groups is 1. The molecule has 1 saturated heterocycles. The third-order valence-electron chi connectivity index (χ3n) is 8.36. The van der Waals surface area contributed by atoms with Gasteiger partial charge in [0, 0.05) is 24.6 Å². The molecule has 0 aromatic heterocycles. The highest BCUT2D eigenvalue weighted by Crippen LogP contribution is 2.20. The summed E-state index contributed by atoms with van der Waals surface area (Å²) in [6.07, 6.45) is 0.145. The molecule has 0 radical (unpaired) electrons. The van der Waals surface area contributed by atoms with Crippen molar-refractivity contribution in [1.29, 1.82) is 0 Å². The standard InChI is InChI=1S/C32H56N12O11S2/c1-15(2)9-18(41-28(52)19(10-23(34)46)40-25(49)16(33)12-45)27(51)42-21(14-57)29(53)39-17(5-3-7-37-32(35)36)31(55)44-8-4-6-22(44)30(54)43-20(13-56)26(50)38-11-24(47)48/h15-22,45,56-57H,3-14,33H2,1-2H3,(H2,34,46)(H,38,50)(H,39,53)(H,40,49)(H,41,52)(H,42,51)(H,43,54)(H,47,48)(H4,35,36,37)/t16-,17-,18-,19-,20-,21-,22-/m0/s1. The fourth-order valence-corrected chi connectivity index (χ4v) is 6.01. The van der Waals surface area contributed by atoms with E-state index < -0.39 is 115 Å². The Morgan fingerprint density at radius 3 is 1.88 bits per heavy atom. The molecule has 1 rings (SSSR count). The number of hydrogen-bond acceptors (Lipinski definition) is 14. The fourth-order valence-electron chi connectivity index (χ4n) is 5.50. The molecule has 0 bridgehead atoms. The molecule has 0 unspecified atom stereocenters. The van der Waals surface area contributed by atoms with Gasteiger partial charge in [0.25, 0.3) is 0 Å². The van der Waals surface area contributed by atoms with Crippen LogP contribution in [0.2, 0.25) is 0 Å². The van der Waals surface area contributed by atoms with E-state index in [0.29, 0.717) is 6.42 Å². The molecule has 1 aliphatic heterocycles. The molecule has 0 aliphatic carbocycles. The van der Waals surface area contributed by atoms with Crippen LogP contribution in [0.4, 0.5) is 0 Å². The predicted molar refractivity (Wildman–Crippen MR) is 211 cm³/mol. The normalized spacial score (nSPS) is 16.8. The predicted octanol–water partition coefficient (Wildman–Crippen LogP) is -6.24. The molecule has 16 N–H and O–H groups in total. The number of nitrogens with one attached hydrogen (secondary N) is 6. The summed E-state index contributed by atoms with van der Waals surface area (Å²) in [6.45, 7) is 2.24. The Labute approximate surface area is 340 Å². The number of carboxylic acid groups (broad SMARTS) is 1. The maximum Gasteiger partial charge on any atom is 0.322 e. The molecule has 1 fully saturated rings. The number of amides is 8. The lowest BCUT2D eigenvalue weighted by molar-refractivity contribution is -0.142. The van der Waals surface area contributed by atoms with Gasteiger partial charge in [-0.25, -0.2) is 0 Å². The first-order valence-electron chi connectivity index (χ1n) is 18.0. The number of likely N-dealkylation sites (tertiary alicyclic amines) is 1. The van der Waals surface area contributed by atoms with Crippen molar-refractivity contribution in [2.24, 2.45) is 33.8 Å². The van der Waals surface area contributed by atoms with E-state index in [1.165, 1.54) is 4.90 Å². The summed E-state index contributed by atoms with van der Waals surface area (Å²) < 4.78 is 0. The van der Waals surface area contributed by atoms with Gasteiger partial charge in [-0.05, 0) is 38.0 Å². The zero-order valence-corrected chi connectivity index (χ0v) is 33.6. The quantitative estimate of drug-likeness (QED) is 0.0176. The minimum absolute atomic E-state index is 0.0186. The van der Waals surface area contributed by atoms with Crippen LogP contribution in [0, 0.1) is 5.92 Å². The molecular weight excluding hydrogens is 793 g/mol. The zero-order chi connectivity index (χ0) is 43.4. The number of carbonyl (C=O) groups excluding carboxylic acids is 8. The van der Waals surface area contributed by atoms with Gasteiger partial charge in [0.1, 0.15) is 48.8 Å². The lowest BCUT2D eigenvalue weighted by Gasteiger charge is -2.30. The van der Waals surface area contributed by atoms with Crippen LogP contribution < -0.4 is 54.8 Å². The first-order chi connectivity index (χ1) is 26.7. The van der Waals surface area contributed by atoms with Crippen LogP contribution in [0.1, 0.15) is 52.4 Å². The van der Waals surface area contributed by atoms with Crippen molar-refractivity contribution in [2.75, 3.05) is 37.7 Å². The van der Waals surface area contributed by atoms with E-state index in [4.69, 9.17) is 28.0 Å². The summed E-state index contributed by atoms with van der Waals surface area (Å²) in [7, 11) is 0. The topological polar surface area (TPSA) is 386 Å². The van der Waals surface area contributed by atoms with E-state index >= 15 is 0 Å². The van der Waals surface area contributed by atoms with Crippen LogP contribution in [0.3, 0.4) is 0 Å². The van der Waals surface area contributed by atoms with E-state index in [2.05, 4.69) is 62.2 Å². The maximum absolute atomic E-state index is 14.0. The Morgan fingerprint density at radius 2 is 1.33 bits per heavy atom. The Morgan fingerprint density at radius 1 is 0.789 bits per heavy atom. The molecule has 1 aliphatic rings. The second-order valence-corrected chi connectivity index (χ2v) is 14.2. The van der Waals surface area contributed by atoms with Gasteiger partial charge < -0.3 is 69.9 Å². The number of aliphatic imine (C=N–C) groups is 1. The fraction of sp³-hybridized carbons (Fsp3) is 0.688. The van der Waals surface area contributed by atoms with Gasteiger partial charge in [0.05, 0.1) is 13.0 Å². The number of carboxylic acids is 1. The monoisotopic (exact) mass is 848 g/mol. The molecule has 0 spiro atoms. The van der Waals surface area contributed by atoms with Crippen LogP contribution in [0.5, 0.6) is 0 Å². The van der Waals surface area contributed by atoms with Gasteiger partial charge in [-0.2, -0.15) is 25.3 Å². The number of guanidine groups is 1. The largest absolute Gasteiger partial charge is 0.480 e. The number of aliphatic hydroxyl groups excluding tert-OH is 1. The molecule has 57 heavy (non-hydrogen) atoms. The molecule has 23 nitrogen and oxygen atoms in total. The first-order valence-corrected chi connectivity index (χ1v) is 19.3. The van der Waals surface area contributed by atoms with Gasteiger partial charge in [-0.15, -0.1) is 0 Å². The highest BCUT2D eigenvalue weighted by Gasteiger charge is 2.39. The zero-order valence-electron chi connectivity index (χ0n) is 31.8. The van der Waals surface area contributed by atoms with E-state index in [1.54, 1.807) is 13.8 Å². The minimum Gasteiger partial charge on any atom is -0.480 e. The van der Waals surface area contributed by atoms with Crippen molar-refractivity contribution in [2.45, 2.75) is 94.7 Å². The number of hydrogen-bond donors (Lipinski definition) is 14. The van der Waals surface area contributed by atoms with E-state index in [0.717, 1.165) is 0 Å². The van der Waals surface area contributed by atoms with Gasteiger partial charge in [0.15, 0.2) is 5.96 Å². The van der Waals surface area contributed by atoms with E-state index in [-0.39, 0.29) is 62.2 Å². The number of rotatable bonds is 25. The Balaban J connectivity index is 3.26. The number of carbonyl (C=O) groups is 9.